The second-order valence-corrected chi connectivity index (χ2v) is 3.64. The number of nitrogens with zero attached hydrogens (tertiary/aromatic N) is 1. The number of nitrogens with two attached hydrogens (primary N) is 1. The van der Waals surface area contributed by atoms with E-state index < -0.39 is 6.09 Å². The summed E-state index contributed by atoms with van der Waals surface area (Å²) >= 11 is 0. The molecule has 1 fully saturated rings. The van der Waals surface area contributed by atoms with Gasteiger partial charge in [0.2, 0.25) is 0 Å². The average Bonchev–Trinajstić information content (AvgIpc) is 2.28. The second-order valence-electron chi connectivity index (χ2n) is 3.64. The zero-order valence-electron chi connectivity index (χ0n) is 8.73. The van der Waals surface area contributed by atoms with Gasteiger partial charge in [0, 0.05) is 13.0 Å². The summed E-state index contributed by atoms with van der Waals surface area (Å²) in [6, 6.07) is 5.73. The van der Waals surface area contributed by atoms with Gasteiger partial charge in [0.05, 0.1) is 18.3 Å². The predicted octanol–water partition coefficient (Wildman–Crippen LogP) is 1.50. The lowest BCUT2D eigenvalue weighted by molar-refractivity contribution is 0.130. The molecule has 0 bridgehead atoms. The maximum atomic E-state index is 13.1. The Hall–Kier alpha value is -1.62. The highest BCUT2D eigenvalue weighted by atomic mass is 19.1. The Labute approximate surface area is 92.8 Å². The van der Waals surface area contributed by atoms with Crippen LogP contribution in [0.1, 0.15) is 6.42 Å². The molecule has 1 aromatic rings. The van der Waals surface area contributed by atoms with Crippen LogP contribution in [0.25, 0.3) is 0 Å². The van der Waals surface area contributed by atoms with Gasteiger partial charge in [0.1, 0.15) is 5.82 Å². The van der Waals surface area contributed by atoms with E-state index >= 15 is 0 Å². The van der Waals surface area contributed by atoms with Crippen molar-refractivity contribution in [3.05, 3.63) is 30.1 Å². The first kappa shape index (κ1) is 10.9. The van der Waals surface area contributed by atoms with Crippen molar-refractivity contribution in [3.63, 3.8) is 0 Å². The number of carbonyl (C=O) groups is 1. The zero-order chi connectivity index (χ0) is 11.5. The zero-order valence-corrected chi connectivity index (χ0v) is 8.73. The lowest BCUT2D eigenvalue weighted by Crippen LogP contribution is -2.49. The van der Waals surface area contributed by atoms with Crippen molar-refractivity contribution >= 4 is 11.8 Å². The Morgan fingerprint density at radius 2 is 2.38 bits per heavy atom. The summed E-state index contributed by atoms with van der Waals surface area (Å²) in [6.07, 6.45) is 0.200. The van der Waals surface area contributed by atoms with Crippen molar-refractivity contribution in [2.75, 3.05) is 18.1 Å². The van der Waals surface area contributed by atoms with Crippen LogP contribution in [-0.2, 0) is 4.74 Å². The monoisotopic (exact) mass is 224 g/mol. The number of anilines is 1. The third-order valence-electron chi connectivity index (χ3n) is 2.60. The summed E-state index contributed by atoms with van der Waals surface area (Å²) in [4.78, 5) is 13.0. The predicted molar refractivity (Wildman–Crippen MR) is 57.7 cm³/mol. The molecule has 1 amide bonds. The van der Waals surface area contributed by atoms with Crippen LogP contribution in [-0.4, -0.2) is 25.3 Å². The molecule has 16 heavy (non-hydrogen) atoms. The fraction of sp³-hybridized carbons (Fsp3) is 0.364. The van der Waals surface area contributed by atoms with Gasteiger partial charge in [-0.05, 0) is 18.2 Å². The molecule has 0 aliphatic carbocycles. The molecule has 1 aliphatic rings. The van der Waals surface area contributed by atoms with Gasteiger partial charge < -0.3 is 10.5 Å². The molecule has 1 aliphatic heterocycles. The Morgan fingerprint density at radius 1 is 1.56 bits per heavy atom. The number of amides is 1. The van der Waals surface area contributed by atoms with E-state index in [-0.39, 0.29) is 11.9 Å². The third kappa shape index (κ3) is 1.99. The number of halogens is 1. The van der Waals surface area contributed by atoms with Gasteiger partial charge in [-0.15, -0.1) is 0 Å². The number of ether oxygens (including phenoxy) is 1. The minimum atomic E-state index is -0.465. The molecule has 2 N–H and O–H groups in total. The fourth-order valence-corrected chi connectivity index (χ4v) is 1.80. The van der Waals surface area contributed by atoms with Crippen LogP contribution in [0.15, 0.2) is 24.3 Å². The Kier molecular flexibility index (Phi) is 3.05. The Morgan fingerprint density at radius 3 is 3.06 bits per heavy atom. The summed E-state index contributed by atoms with van der Waals surface area (Å²) in [6.45, 7) is 0.706. The van der Waals surface area contributed by atoms with Crippen LogP contribution >= 0.6 is 0 Å². The van der Waals surface area contributed by atoms with Gasteiger partial charge in [-0.25, -0.2) is 9.18 Å². The molecule has 0 radical (unpaired) electrons. The number of cyclic esters (lactones) is 1. The molecule has 1 heterocycles. The van der Waals surface area contributed by atoms with Crippen molar-refractivity contribution in [1.29, 1.82) is 0 Å². The minimum absolute atomic E-state index is 0.122. The van der Waals surface area contributed by atoms with Crippen molar-refractivity contribution in [1.82, 2.24) is 0 Å². The van der Waals surface area contributed by atoms with E-state index in [1.165, 1.54) is 17.0 Å². The molecular formula is C11H13FN2O2. The van der Waals surface area contributed by atoms with Gasteiger partial charge in [-0.2, -0.15) is 0 Å². The van der Waals surface area contributed by atoms with Gasteiger partial charge in [-0.1, -0.05) is 6.07 Å². The van der Waals surface area contributed by atoms with E-state index in [1.54, 1.807) is 12.1 Å². The topological polar surface area (TPSA) is 55.6 Å². The molecular weight excluding hydrogens is 211 g/mol. The molecule has 4 nitrogen and oxygen atoms in total. The number of hydrogen-bond acceptors (Lipinski definition) is 3. The normalized spacial score (nSPS) is 20.8. The summed E-state index contributed by atoms with van der Waals surface area (Å²) in [5, 5.41) is 0. The van der Waals surface area contributed by atoms with Gasteiger partial charge in [0.25, 0.3) is 0 Å². The Balaban J connectivity index is 2.31. The number of rotatable bonds is 2. The number of hydrogen-bond donors (Lipinski definition) is 1. The van der Waals surface area contributed by atoms with E-state index in [0.29, 0.717) is 25.3 Å². The maximum Gasteiger partial charge on any atom is 0.414 e. The van der Waals surface area contributed by atoms with Gasteiger partial charge in [0.15, 0.2) is 0 Å². The van der Waals surface area contributed by atoms with Crippen molar-refractivity contribution < 1.29 is 13.9 Å². The summed E-state index contributed by atoms with van der Waals surface area (Å²) in [5.41, 5.74) is 6.07. The number of benzene rings is 1. The first-order valence-corrected chi connectivity index (χ1v) is 5.14. The Bertz CT molecular complexity index is 397. The fourth-order valence-electron chi connectivity index (χ4n) is 1.80. The van der Waals surface area contributed by atoms with Crippen molar-refractivity contribution in [2.24, 2.45) is 5.73 Å². The highest BCUT2D eigenvalue weighted by Crippen LogP contribution is 2.23. The largest absolute Gasteiger partial charge is 0.449 e. The van der Waals surface area contributed by atoms with Gasteiger partial charge >= 0.3 is 6.09 Å². The lowest BCUT2D eigenvalue weighted by atomic mass is 10.1. The SMILES string of the molecule is NCC1CCOC(=O)N1c1cccc(F)c1. The maximum absolute atomic E-state index is 13.1. The lowest BCUT2D eigenvalue weighted by Gasteiger charge is -2.34. The quantitative estimate of drug-likeness (QED) is 0.828. The average molecular weight is 224 g/mol. The van der Waals surface area contributed by atoms with Crippen LogP contribution in [0.2, 0.25) is 0 Å². The van der Waals surface area contributed by atoms with Gasteiger partial charge in [-0.3, -0.25) is 4.90 Å². The molecule has 0 spiro atoms. The third-order valence-corrected chi connectivity index (χ3v) is 2.60. The van der Waals surface area contributed by atoms with Crippen molar-refractivity contribution in [2.45, 2.75) is 12.5 Å². The molecule has 2 rings (SSSR count). The highest BCUT2D eigenvalue weighted by molar-refractivity contribution is 5.89. The molecule has 1 saturated heterocycles. The molecule has 0 aromatic heterocycles. The van der Waals surface area contributed by atoms with Crippen LogP contribution in [0.5, 0.6) is 0 Å². The highest BCUT2D eigenvalue weighted by Gasteiger charge is 2.30. The molecule has 1 atom stereocenters. The van der Waals surface area contributed by atoms with Crippen LogP contribution in [0.3, 0.4) is 0 Å². The number of carbonyl (C=O) groups excluding carboxylic acids is 1. The van der Waals surface area contributed by atoms with Crippen LogP contribution in [0.4, 0.5) is 14.9 Å². The van der Waals surface area contributed by atoms with Crippen molar-refractivity contribution in [3.8, 4) is 0 Å². The molecule has 5 heteroatoms. The minimum Gasteiger partial charge on any atom is -0.449 e. The van der Waals surface area contributed by atoms with Crippen LogP contribution in [0, 0.1) is 5.82 Å². The van der Waals surface area contributed by atoms with E-state index in [1.807, 2.05) is 0 Å². The smallest absolute Gasteiger partial charge is 0.414 e. The first-order valence-electron chi connectivity index (χ1n) is 5.14. The molecule has 1 aromatic carbocycles. The molecule has 1 unspecified atom stereocenters. The van der Waals surface area contributed by atoms with E-state index in [0.717, 1.165) is 0 Å². The van der Waals surface area contributed by atoms with E-state index in [2.05, 4.69) is 0 Å². The first-order chi connectivity index (χ1) is 7.72. The second kappa shape index (κ2) is 4.49. The summed E-state index contributed by atoms with van der Waals surface area (Å²) < 4.78 is 18.0. The summed E-state index contributed by atoms with van der Waals surface area (Å²) in [5.74, 6) is -0.383. The summed E-state index contributed by atoms with van der Waals surface area (Å²) in [7, 11) is 0. The molecule has 0 saturated carbocycles. The van der Waals surface area contributed by atoms with Crippen LogP contribution < -0.4 is 10.6 Å². The standard InChI is InChI=1S/C11H13FN2O2/c12-8-2-1-3-9(6-8)14-10(7-13)4-5-16-11(14)15/h1-3,6,10H,4-5,7,13H2. The van der Waals surface area contributed by atoms with E-state index in [4.69, 9.17) is 10.5 Å². The van der Waals surface area contributed by atoms with E-state index in [9.17, 15) is 9.18 Å². The molecule has 86 valence electrons.